The molecule has 1 aromatic heterocycles. The Bertz CT molecular complexity index is 1050. The Morgan fingerprint density at radius 1 is 1.12 bits per heavy atom. The molecule has 0 unspecified atom stereocenters. The number of hydrogen-bond acceptors (Lipinski definition) is 5. The van der Waals surface area contributed by atoms with Crippen LogP contribution in [0.15, 0.2) is 47.3 Å². The summed E-state index contributed by atoms with van der Waals surface area (Å²) in [5.74, 6) is 0.136. The highest BCUT2D eigenvalue weighted by molar-refractivity contribution is 5.90. The molecule has 2 aromatic carbocycles. The van der Waals surface area contributed by atoms with Crippen molar-refractivity contribution in [3.63, 3.8) is 0 Å². The van der Waals surface area contributed by atoms with Crippen molar-refractivity contribution in [3.8, 4) is 5.75 Å². The van der Waals surface area contributed by atoms with Crippen LogP contribution in [0.5, 0.6) is 5.75 Å². The first-order valence-corrected chi connectivity index (χ1v) is 8.08. The number of nitrogens with two attached hydrogens (primary N) is 1. The second kappa shape index (κ2) is 6.92. The van der Waals surface area contributed by atoms with E-state index in [-0.39, 0.29) is 5.43 Å². The van der Waals surface area contributed by atoms with Gasteiger partial charge in [-0.2, -0.15) is 0 Å². The van der Waals surface area contributed by atoms with Crippen LogP contribution in [0.1, 0.15) is 21.6 Å². The average Bonchev–Trinajstić information content (AvgIpc) is 2.65. The fraction of sp³-hybridized carbons (Fsp3) is 0.200. The Balaban J connectivity index is 2.08. The molecule has 0 bridgehead atoms. The molecule has 1 heterocycles. The first-order valence-electron chi connectivity index (χ1n) is 8.08. The van der Waals surface area contributed by atoms with Gasteiger partial charge in [0.25, 0.3) is 0 Å². The molecule has 0 aliphatic rings. The number of hydrogen-bond donors (Lipinski definition) is 1. The lowest BCUT2D eigenvalue weighted by Gasteiger charge is -2.15. The number of carbonyl (C=O) groups excluding carboxylic acids is 1. The number of pyridine rings is 1. The Labute approximate surface area is 150 Å². The van der Waals surface area contributed by atoms with Gasteiger partial charge in [0.2, 0.25) is 0 Å². The standard InChI is InChI=1S/C20H20N2O4/c1-22-15(11-18(23)16-7-6-14(21)10-17(16)22)8-12-4-5-13(20(24)26-3)9-19(12)25-2/h4-7,9-11H,8,21H2,1-3H3. The minimum atomic E-state index is -0.427. The molecular weight excluding hydrogens is 332 g/mol. The zero-order chi connectivity index (χ0) is 18.8. The van der Waals surface area contributed by atoms with Crippen LogP contribution < -0.4 is 15.9 Å². The van der Waals surface area contributed by atoms with Crippen molar-refractivity contribution in [3.05, 3.63) is 69.5 Å². The molecule has 3 rings (SSSR count). The van der Waals surface area contributed by atoms with Crippen LogP contribution in [-0.4, -0.2) is 24.8 Å². The quantitative estimate of drug-likeness (QED) is 0.576. The highest BCUT2D eigenvalue weighted by Gasteiger charge is 2.13. The highest BCUT2D eigenvalue weighted by atomic mass is 16.5. The zero-order valence-corrected chi connectivity index (χ0v) is 14.9. The largest absolute Gasteiger partial charge is 0.496 e. The molecule has 0 aliphatic heterocycles. The Morgan fingerprint density at radius 3 is 2.58 bits per heavy atom. The van der Waals surface area contributed by atoms with E-state index in [0.29, 0.717) is 28.8 Å². The third-order valence-corrected chi connectivity index (χ3v) is 4.46. The summed E-state index contributed by atoms with van der Waals surface area (Å²) in [5.41, 5.74) is 9.28. The van der Waals surface area contributed by atoms with Crippen LogP contribution in [0.2, 0.25) is 0 Å². The zero-order valence-electron chi connectivity index (χ0n) is 14.9. The Morgan fingerprint density at radius 2 is 1.88 bits per heavy atom. The predicted octanol–water partition coefficient (Wildman–Crippen LogP) is 2.51. The van der Waals surface area contributed by atoms with E-state index in [4.69, 9.17) is 15.2 Å². The molecule has 2 N–H and O–H groups in total. The van der Waals surface area contributed by atoms with Gasteiger partial charge in [-0.05, 0) is 30.3 Å². The van der Waals surface area contributed by atoms with Gasteiger partial charge in [0.05, 0.1) is 25.3 Å². The second-order valence-corrected chi connectivity index (χ2v) is 6.03. The molecule has 6 heteroatoms. The molecule has 3 aromatic rings. The van der Waals surface area contributed by atoms with Gasteiger partial charge in [0, 0.05) is 41.9 Å². The predicted molar refractivity (Wildman–Crippen MR) is 101 cm³/mol. The lowest BCUT2D eigenvalue weighted by Crippen LogP contribution is -2.13. The first kappa shape index (κ1) is 17.5. The maximum Gasteiger partial charge on any atom is 0.337 e. The van der Waals surface area contributed by atoms with Crippen LogP contribution in [-0.2, 0) is 18.2 Å². The van der Waals surface area contributed by atoms with Gasteiger partial charge in [0.1, 0.15) is 5.75 Å². The molecule has 0 saturated heterocycles. The number of nitrogens with zero attached hydrogens (tertiary/aromatic N) is 1. The number of esters is 1. The summed E-state index contributed by atoms with van der Waals surface area (Å²) in [6.45, 7) is 0. The molecule has 6 nitrogen and oxygen atoms in total. The summed E-state index contributed by atoms with van der Waals surface area (Å²) in [4.78, 5) is 24.1. The number of carbonyl (C=O) groups is 1. The van der Waals surface area contributed by atoms with E-state index < -0.39 is 5.97 Å². The van der Waals surface area contributed by atoms with Gasteiger partial charge in [-0.15, -0.1) is 0 Å². The highest BCUT2D eigenvalue weighted by Crippen LogP contribution is 2.24. The lowest BCUT2D eigenvalue weighted by atomic mass is 10.0. The molecule has 0 atom stereocenters. The molecule has 134 valence electrons. The van der Waals surface area contributed by atoms with Gasteiger partial charge < -0.3 is 19.8 Å². The van der Waals surface area contributed by atoms with E-state index in [1.54, 1.807) is 49.6 Å². The number of fused-ring (bicyclic) bond motifs is 1. The molecule has 0 saturated carbocycles. The Kier molecular flexibility index (Phi) is 4.67. The topological polar surface area (TPSA) is 83.5 Å². The van der Waals surface area contributed by atoms with E-state index in [0.717, 1.165) is 16.8 Å². The summed E-state index contributed by atoms with van der Waals surface area (Å²) in [6.07, 6.45) is 0.473. The molecule has 0 amide bonds. The second-order valence-electron chi connectivity index (χ2n) is 6.03. The van der Waals surface area contributed by atoms with Crippen LogP contribution in [0.3, 0.4) is 0 Å². The van der Waals surface area contributed by atoms with E-state index >= 15 is 0 Å². The van der Waals surface area contributed by atoms with Crippen molar-refractivity contribution in [1.29, 1.82) is 0 Å². The molecular formula is C20H20N2O4. The summed E-state index contributed by atoms with van der Waals surface area (Å²) >= 11 is 0. The number of aromatic nitrogens is 1. The number of aryl methyl sites for hydroxylation is 1. The lowest BCUT2D eigenvalue weighted by molar-refractivity contribution is 0.0600. The van der Waals surface area contributed by atoms with E-state index in [1.807, 2.05) is 11.6 Å². The fourth-order valence-corrected chi connectivity index (χ4v) is 3.02. The van der Waals surface area contributed by atoms with E-state index in [9.17, 15) is 9.59 Å². The fourth-order valence-electron chi connectivity index (χ4n) is 3.02. The van der Waals surface area contributed by atoms with Crippen molar-refractivity contribution in [1.82, 2.24) is 4.57 Å². The van der Waals surface area contributed by atoms with Crippen LogP contribution in [0, 0.1) is 0 Å². The third-order valence-electron chi connectivity index (χ3n) is 4.46. The summed E-state index contributed by atoms with van der Waals surface area (Å²) in [7, 11) is 4.77. The molecule has 26 heavy (non-hydrogen) atoms. The van der Waals surface area contributed by atoms with Crippen molar-refractivity contribution >= 4 is 22.6 Å². The monoisotopic (exact) mass is 352 g/mol. The van der Waals surface area contributed by atoms with Crippen LogP contribution in [0.4, 0.5) is 5.69 Å². The number of methoxy groups -OCH3 is 2. The SMILES string of the molecule is COC(=O)c1ccc(Cc2cc(=O)c3ccc(N)cc3n2C)c(OC)c1. The number of anilines is 1. The van der Waals surface area contributed by atoms with Gasteiger partial charge >= 0.3 is 5.97 Å². The normalized spacial score (nSPS) is 10.7. The minimum absolute atomic E-state index is 0.0572. The maximum atomic E-state index is 12.4. The number of benzene rings is 2. The van der Waals surface area contributed by atoms with E-state index in [1.165, 1.54) is 7.11 Å². The van der Waals surface area contributed by atoms with Crippen molar-refractivity contribution < 1.29 is 14.3 Å². The van der Waals surface area contributed by atoms with Crippen molar-refractivity contribution in [2.45, 2.75) is 6.42 Å². The minimum Gasteiger partial charge on any atom is -0.496 e. The molecule has 0 radical (unpaired) electrons. The number of ether oxygens (including phenoxy) is 2. The summed E-state index contributed by atoms with van der Waals surface area (Å²) < 4.78 is 12.1. The van der Waals surface area contributed by atoms with Crippen molar-refractivity contribution in [2.75, 3.05) is 20.0 Å². The summed E-state index contributed by atoms with van der Waals surface area (Å²) in [6, 6.07) is 12.0. The average molecular weight is 352 g/mol. The first-order chi connectivity index (χ1) is 12.4. The van der Waals surface area contributed by atoms with Gasteiger partial charge in [-0.1, -0.05) is 6.07 Å². The van der Waals surface area contributed by atoms with Gasteiger partial charge in [-0.25, -0.2) is 4.79 Å². The maximum absolute atomic E-state index is 12.4. The van der Waals surface area contributed by atoms with E-state index in [2.05, 4.69) is 0 Å². The molecule has 0 spiro atoms. The van der Waals surface area contributed by atoms with Crippen molar-refractivity contribution in [2.24, 2.45) is 7.05 Å². The third kappa shape index (κ3) is 3.13. The van der Waals surface area contributed by atoms with Gasteiger partial charge in [-0.3, -0.25) is 4.79 Å². The van der Waals surface area contributed by atoms with Crippen LogP contribution in [0.25, 0.3) is 10.9 Å². The number of nitrogen functional groups attached to an aromatic ring is 1. The number of rotatable bonds is 4. The van der Waals surface area contributed by atoms with Crippen LogP contribution >= 0.6 is 0 Å². The molecule has 0 fully saturated rings. The summed E-state index contributed by atoms with van der Waals surface area (Å²) in [5, 5.41) is 0.624. The Hall–Kier alpha value is -3.28. The molecule has 0 aliphatic carbocycles. The van der Waals surface area contributed by atoms with Gasteiger partial charge in [0.15, 0.2) is 5.43 Å². The smallest absolute Gasteiger partial charge is 0.337 e.